The summed E-state index contributed by atoms with van der Waals surface area (Å²) < 4.78 is 32.4. The number of sulfonamides is 1. The average molecular weight is 533 g/mol. The van der Waals surface area contributed by atoms with E-state index in [-0.39, 0.29) is 10.8 Å². The van der Waals surface area contributed by atoms with Crippen molar-refractivity contribution in [2.45, 2.75) is 55.9 Å². The summed E-state index contributed by atoms with van der Waals surface area (Å²) in [6.07, 6.45) is 5.02. The number of carboxylic acid groups (broad SMARTS) is 1. The molecule has 0 saturated heterocycles. The monoisotopic (exact) mass is 532 g/mol. The number of amides is 1. The Morgan fingerprint density at radius 1 is 1.14 bits per heavy atom. The Balaban J connectivity index is 1.56. The van der Waals surface area contributed by atoms with Crippen LogP contribution in [0.15, 0.2) is 41.3 Å². The summed E-state index contributed by atoms with van der Waals surface area (Å²) in [5, 5.41) is 12.4. The van der Waals surface area contributed by atoms with E-state index in [2.05, 4.69) is 20.0 Å². The molecule has 1 aliphatic rings. The molecule has 192 valence electrons. The number of nitrogens with one attached hydrogen (secondary N) is 2. The molecule has 1 fully saturated rings. The zero-order valence-electron chi connectivity index (χ0n) is 19.9. The Hall–Kier alpha value is -3.09. The molecule has 2 aromatic heterocycles. The number of fused-ring (bicyclic) bond motifs is 1. The van der Waals surface area contributed by atoms with Crippen LogP contribution >= 0.6 is 11.3 Å². The second-order valence-corrected chi connectivity index (χ2v) is 11.6. The summed E-state index contributed by atoms with van der Waals surface area (Å²) in [5.41, 5.74) is 1.34. The van der Waals surface area contributed by atoms with Gasteiger partial charge < -0.3 is 15.2 Å². The maximum absolute atomic E-state index is 13.4. The molecule has 3 N–H and O–H groups in total. The lowest BCUT2D eigenvalue weighted by Crippen LogP contribution is -2.38. The smallest absolute Gasteiger partial charge is 0.321 e. The van der Waals surface area contributed by atoms with Crippen molar-refractivity contribution in [3.63, 3.8) is 0 Å². The average Bonchev–Trinajstić information content (AvgIpc) is 3.51. The number of ether oxygens (including phenoxy) is 1. The number of rotatable bonds is 10. The molecule has 3 aromatic rings. The molecule has 1 aromatic carbocycles. The first kappa shape index (κ1) is 26.0. The Labute approximate surface area is 213 Å². The van der Waals surface area contributed by atoms with Crippen LogP contribution in [0.1, 0.15) is 50.5 Å². The van der Waals surface area contributed by atoms with Gasteiger partial charge in [0, 0.05) is 6.07 Å². The van der Waals surface area contributed by atoms with Crippen LogP contribution < -0.4 is 14.8 Å². The number of thiazole rings is 1. The van der Waals surface area contributed by atoms with Crippen molar-refractivity contribution in [2.24, 2.45) is 5.92 Å². The van der Waals surface area contributed by atoms with E-state index in [0.29, 0.717) is 39.3 Å². The van der Waals surface area contributed by atoms with Gasteiger partial charge >= 0.3 is 5.97 Å². The van der Waals surface area contributed by atoms with Crippen LogP contribution in [0.4, 0.5) is 5.13 Å². The van der Waals surface area contributed by atoms with Crippen LogP contribution in [0.5, 0.6) is 5.88 Å². The topological polar surface area (TPSA) is 148 Å². The summed E-state index contributed by atoms with van der Waals surface area (Å²) in [5.74, 6) is -1.12. The van der Waals surface area contributed by atoms with Gasteiger partial charge in [0.15, 0.2) is 5.13 Å². The number of hydrogen-bond acceptors (Lipinski definition) is 8. The lowest BCUT2D eigenvalue weighted by atomic mass is 9.87. The fraction of sp³-hybridized carbons (Fsp3) is 0.417. The predicted octanol–water partition coefficient (Wildman–Crippen LogP) is 3.75. The maximum Gasteiger partial charge on any atom is 0.321 e. The quantitative estimate of drug-likeness (QED) is 0.358. The Bertz CT molecular complexity index is 1350. The van der Waals surface area contributed by atoms with Crippen molar-refractivity contribution < 1.29 is 27.9 Å². The highest BCUT2D eigenvalue weighted by Crippen LogP contribution is 2.36. The summed E-state index contributed by atoms with van der Waals surface area (Å²) in [6.45, 7) is 1.25. The second-order valence-electron chi connectivity index (χ2n) is 8.88. The molecule has 2 atom stereocenters. The molecule has 36 heavy (non-hydrogen) atoms. The normalized spacial score (nSPS) is 16.1. The summed E-state index contributed by atoms with van der Waals surface area (Å²) >= 11 is 1.25. The Morgan fingerprint density at radius 3 is 2.47 bits per heavy atom. The van der Waals surface area contributed by atoms with Gasteiger partial charge in [-0.25, -0.2) is 18.4 Å². The summed E-state index contributed by atoms with van der Waals surface area (Å²) in [6, 6.07) is 8.25. The lowest BCUT2D eigenvalue weighted by molar-refractivity contribution is -0.138. The fourth-order valence-electron chi connectivity index (χ4n) is 4.36. The van der Waals surface area contributed by atoms with E-state index in [1.807, 2.05) is 0 Å². The van der Waals surface area contributed by atoms with Crippen LogP contribution in [-0.4, -0.2) is 48.5 Å². The van der Waals surface area contributed by atoms with Crippen LogP contribution in [0, 0.1) is 5.92 Å². The summed E-state index contributed by atoms with van der Waals surface area (Å²) in [4.78, 5) is 33.9. The van der Waals surface area contributed by atoms with Gasteiger partial charge in [-0.3, -0.25) is 9.59 Å². The summed E-state index contributed by atoms with van der Waals surface area (Å²) in [7, 11) is -2.48. The van der Waals surface area contributed by atoms with Gasteiger partial charge in [0.2, 0.25) is 21.8 Å². The molecule has 4 rings (SSSR count). The SMILES string of the molecule is COc1ccc2nc(NC(=O)C(CC3CCCC3)c3ccc(S(=O)(=O)N[C@@H](C)C(=O)O)cc3)sc2n1. The maximum atomic E-state index is 13.4. The number of aliphatic carboxylic acids is 1. The third-order valence-electron chi connectivity index (χ3n) is 6.32. The van der Waals surface area contributed by atoms with E-state index in [9.17, 15) is 18.0 Å². The minimum atomic E-state index is -4.02. The molecular weight excluding hydrogens is 504 g/mol. The number of nitrogens with zero attached hydrogens (tertiary/aromatic N) is 2. The molecule has 1 unspecified atom stereocenters. The van der Waals surface area contributed by atoms with E-state index in [1.54, 1.807) is 24.3 Å². The number of hydrogen-bond donors (Lipinski definition) is 3. The van der Waals surface area contributed by atoms with E-state index in [4.69, 9.17) is 9.84 Å². The third kappa shape index (κ3) is 6.00. The third-order valence-corrected chi connectivity index (χ3v) is 8.76. The van der Waals surface area contributed by atoms with E-state index in [1.165, 1.54) is 37.5 Å². The molecule has 0 spiro atoms. The molecule has 12 heteroatoms. The number of aromatic nitrogens is 2. The fourth-order valence-corrected chi connectivity index (χ4v) is 6.39. The molecule has 1 saturated carbocycles. The molecule has 0 aliphatic heterocycles. The van der Waals surface area contributed by atoms with Gasteiger partial charge in [-0.05, 0) is 43.0 Å². The van der Waals surface area contributed by atoms with E-state index in [0.717, 1.165) is 25.7 Å². The number of carboxylic acids is 1. The Kier molecular flexibility index (Phi) is 7.86. The lowest BCUT2D eigenvalue weighted by Gasteiger charge is -2.20. The molecule has 0 bridgehead atoms. The van der Waals surface area contributed by atoms with Gasteiger partial charge in [-0.2, -0.15) is 4.72 Å². The van der Waals surface area contributed by atoms with Crippen molar-refractivity contribution in [3.05, 3.63) is 42.0 Å². The number of carbonyl (C=O) groups is 2. The second kappa shape index (κ2) is 10.9. The minimum absolute atomic E-state index is 0.0643. The number of anilines is 1. The van der Waals surface area contributed by atoms with E-state index < -0.39 is 28.0 Å². The molecule has 0 radical (unpaired) electrons. The first-order valence-corrected chi connectivity index (χ1v) is 13.9. The standard InChI is InChI=1S/C24H28N4O6S2/c1-14(23(30)31)28-36(32,33)17-9-7-16(8-10-17)18(13-15-5-3-4-6-15)21(29)27-24-25-19-11-12-20(34-2)26-22(19)35-24/h7-12,14-15,18,28H,3-6,13H2,1-2H3,(H,30,31)(H,25,27,29)/t14-,18?/m0/s1. The van der Waals surface area contributed by atoms with E-state index >= 15 is 0 Å². The minimum Gasteiger partial charge on any atom is -0.481 e. The van der Waals surface area contributed by atoms with Gasteiger partial charge in [-0.1, -0.05) is 49.2 Å². The van der Waals surface area contributed by atoms with Crippen LogP contribution in [-0.2, 0) is 19.6 Å². The number of benzene rings is 1. The largest absolute Gasteiger partial charge is 0.481 e. The van der Waals surface area contributed by atoms with Crippen molar-refractivity contribution in [1.82, 2.24) is 14.7 Å². The zero-order valence-corrected chi connectivity index (χ0v) is 21.6. The molecular formula is C24H28N4O6S2. The van der Waals surface area contributed by atoms with Gasteiger partial charge in [0.1, 0.15) is 16.4 Å². The highest BCUT2D eigenvalue weighted by atomic mass is 32.2. The zero-order chi connectivity index (χ0) is 25.9. The highest BCUT2D eigenvalue weighted by molar-refractivity contribution is 7.89. The van der Waals surface area contributed by atoms with Crippen LogP contribution in [0.25, 0.3) is 10.3 Å². The van der Waals surface area contributed by atoms with Crippen LogP contribution in [0.3, 0.4) is 0 Å². The number of carbonyl (C=O) groups excluding carboxylic acids is 1. The number of methoxy groups -OCH3 is 1. The molecule has 10 nitrogen and oxygen atoms in total. The van der Waals surface area contributed by atoms with Crippen molar-refractivity contribution >= 4 is 48.7 Å². The molecule has 1 aliphatic carbocycles. The van der Waals surface area contributed by atoms with Gasteiger partial charge in [-0.15, -0.1) is 0 Å². The first-order valence-electron chi connectivity index (χ1n) is 11.6. The van der Waals surface area contributed by atoms with Gasteiger partial charge in [0.05, 0.1) is 17.9 Å². The predicted molar refractivity (Wildman–Crippen MR) is 136 cm³/mol. The highest BCUT2D eigenvalue weighted by Gasteiger charge is 2.28. The van der Waals surface area contributed by atoms with Crippen molar-refractivity contribution in [1.29, 1.82) is 0 Å². The van der Waals surface area contributed by atoms with Gasteiger partial charge in [0.25, 0.3) is 0 Å². The van der Waals surface area contributed by atoms with Crippen molar-refractivity contribution in [3.8, 4) is 5.88 Å². The number of pyridine rings is 1. The first-order chi connectivity index (χ1) is 17.2. The van der Waals surface area contributed by atoms with Crippen LogP contribution in [0.2, 0.25) is 0 Å². The van der Waals surface area contributed by atoms with Crippen molar-refractivity contribution in [2.75, 3.05) is 12.4 Å². The Morgan fingerprint density at radius 2 is 1.83 bits per heavy atom. The molecule has 2 heterocycles. The molecule has 1 amide bonds.